The molecule has 1 aromatic rings. The molecule has 0 radical (unpaired) electrons. The smallest absolute Gasteiger partial charge is 0.358 e. The van der Waals surface area contributed by atoms with E-state index < -0.39 is 5.97 Å². The summed E-state index contributed by atoms with van der Waals surface area (Å²) in [4.78, 5) is 44.3. The molecule has 20 heavy (non-hydrogen) atoms. The standard InChI is InChI=1S/C13H13N3O4/c1-6-4-7-8(5-6)12(18)16(11(7)17)10-9(13(19)20)14-2-3-15-10/h2-3,6-8H,4-5H2,1H3,(H,19,20). The molecule has 0 aromatic carbocycles. The number of amides is 2. The first-order chi connectivity index (χ1) is 9.50. The Kier molecular flexibility index (Phi) is 2.77. The fourth-order valence-corrected chi connectivity index (χ4v) is 3.13. The van der Waals surface area contributed by atoms with Crippen LogP contribution >= 0.6 is 0 Å². The van der Waals surface area contributed by atoms with E-state index in [1.165, 1.54) is 12.4 Å². The molecule has 2 aliphatic rings. The van der Waals surface area contributed by atoms with Gasteiger partial charge >= 0.3 is 5.97 Å². The molecule has 3 rings (SSSR count). The fourth-order valence-electron chi connectivity index (χ4n) is 3.13. The first kappa shape index (κ1) is 12.7. The van der Waals surface area contributed by atoms with Gasteiger partial charge in [-0.3, -0.25) is 9.59 Å². The molecule has 2 unspecified atom stereocenters. The van der Waals surface area contributed by atoms with E-state index >= 15 is 0 Å². The van der Waals surface area contributed by atoms with Crippen molar-refractivity contribution in [1.82, 2.24) is 9.97 Å². The van der Waals surface area contributed by atoms with Crippen LogP contribution in [0.15, 0.2) is 12.4 Å². The summed E-state index contributed by atoms with van der Waals surface area (Å²) in [6, 6.07) is 0. The third-order valence-corrected chi connectivity index (χ3v) is 3.97. The summed E-state index contributed by atoms with van der Waals surface area (Å²) in [5, 5.41) is 9.09. The van der Waals surface area contributed by atoms with Gasteiger partial charge in [0.1, 0.15) is 0 Å². The Hall–Kier alpha value is -2.31. The number of carbonyl (C=O) groups is 3. The molecule has 7 nitrogen and oxygen atoms in total. The van der Waals surface area contributed by atoms with Crippen molar-refractivity contribution in [2.45, 2.75) is 19.8 Å². The number of aromatic carboxylic acids is 1. The molecule has 2 heterocycles. The van der Waals surface area contributed by atoms with Gasteiger partial charge in [-0.2, -0.15) is 0 Å². The second kappa shape index (κ2) is 4.36. The van der Waals surface area contributed by atoms with Gasteiger partial charge in [0.2, 0.25) is 11.8 Å². The molecular weight excluding hydrogens is 262 g/mol. The van der Waals surface area contributed by atoms with Gasteiger partial charge < -0.3 is 5.11 Å². The molecule has 104 valence electrons. The number of nitrogens with zero attached hydrogens (tertiary/aromatic N) is 3. The SMILES string of the molecule is CC1CC2C(=O)N(c3nccnc3C(=O)O)C(=O)C2C1. The minimum Gasteiger partial charge on any atom is -0.476 e. The van der Waals surface area contributed by atoms with Crippen molar-refractivity contribution in [2.24, 2.45) is 17.8 Å². The summed E-state index contributed by atoms with van der Waals surface area (Å²) in [7, 11) is 0. The van der Waals surface area contributed by atoms with Gasteiger partial charge in [-0.05, 0) is 18.8 Å². The number of carboxylic acid groups (broad SMARTS) is 1. The van der Waals surface area contributed by atoms with E-state index in [1.807, 2.05) is 6.92 Å². The van der Waals surface area contributed by atoms with Gasteiger partial charge in [0.15, 0.2) is 11.5 Å². The molecule has 2 atom stereocenters. The van der Waals surface area contributed by atoms with E-state index in [4.69, 9.17) is 5.11 Å². The van der Waals surface area contributed by atoms with Gasteiger partial charge in [-0.15, -0.1) is 0 Å². The second-order valence-electron chi connectivity index (χ2n) is 5.34. The highest BCUT2D eigenvalue weighted by Crippen LogP contribution is 2.44. The van der Waals surface area contributed by atoms with Crippen LogP contribution in [0.1, 0.15) is 30.3 Å². The average Bonchev–Trinajstić information content (AvgIpc) is 2.89. The van der Waals surface area contributed by atoms with E-state index in [9.17, 15) is 14.4 Å². The molecule has 2 fully saturated rings. The van der Waals surface area contributed by atoms with E-state index in [0.717, 1.165) is 4.90 Å². The quantitative estimate of drug-likeness (QED) is 0.798. The minimum absolute atomic E-state index is 0.169. The van der Waals surface area contributed by atoms with E-state index in [1.54, 1.807) is 0 Å². The summed E-state index contributed by atoms with van der Waals surface area (Å²) >= 11 is 0. The van der Waals surface area contributed by atoms with Gasteiger partial charge in [0, 0.05) is 12.4 Å². The first-order valence-electron chi connectivity index (χ1n) is 6.42. The maximum Gasteiger partial charge on any atom is 0.358 e. The Balaban J connectivity index is 2.03. The molecule has 0 bridgehead atoms. The summed E-state index contributed by atoms with van der Waals surface area (Å²) in [5.41, 5.74) is -0.373. The highest BCUT2D eigenvalue weighted by molar-refractivity contribution is 6.23. The number of anilines is 1. The van der Waals surface area contributed by atoms with E-state index in [-0.39, 0.29) is 35.2 Å². The predicted molar refractivity (Wildman–Crippen MR) is 66.9 cm³/mol. The zero-order valence-electron chi connectivity index (χ0n) is 10.8. The largest absolute Gasteiger partial charge is 0.476 e. The number of aromatic nitrogens is 2. The van der Waals surface area contributed by atoms with Gasteiger partial charge in [0.25, 0.3) is 0 Å². The second-order valence-corrected chi connectivity index (χ2v) is 5.34. The van der Waals surface area contributed by atoms with Crippen LogP contribution in [0.5, 0.6) is 0 Å². The van der Waals surface area contributed by atoms with Crippen LogP contribution in [0, 0.1) is 17.8 Å². The summed E-state index contributed by atoms with van der Waals surface area (Å²) in [5.74, 6) is -2.54. The van der Waals surface area contributed by atoms with Crippen molar-refractivity contribution in [3.63, 3.8) is 0 Å². The van der Waals surface area contributed by atoms with Crippen molar-refractivity contribution in [1.29, 1.82) is 0 Å². The maximum atomic E-state index is 12.4. The number of fused-ring (bicyclic) bond motifs is 1. The summed E-state index contributed by atoms with van der Waals surface area (Å²) < 4.78 is 0. The maximum absolute atomic E-state index is 12.4. The first-order valence-corrected chi connectivity index (χ1v) is 6.42. The van der Waals surface area contributed by atoms with Crippen molar-refractivity contribution in [2.75, 3.05) is 4.90 Å². The fraction of sp³-hybridized carbons (Fsp3) is 0.462. The van der Waals surface area contributed by atoms with Gasteiger partial charge in [-0.25, -0.2) is 19.7 Å². The molecular formula is C13H13N3O4. The van der Waals surface area contributed by atoms with Crippen LogP contribution in [0.3, 0.4) is 0 Å². The number of hydrogen-bond donors (Lipinski definition) is 1. The molecule has 0 spiro atoms. The minimum atomic E-state index is -1.31. The van der Waals surface area contributed by atoms with Crippen molar-refractivity contribution < 1.29 is 19.5 Å². The van der Waals surface area contributed by atoms with Crippen LogP contribution in [0.2, 0.25) is 0 Å². The zero-order chi connectivity index (χ0) is 14.4. The number of carbonyl (C=O) groups excluding carboxylic acids is 2. The summed E-state index contributed by atoms with van der Waals surface area (Å²) in [6.45, 7) is 2.01. The van der Waals surface area contributed by atoms with Gasteiger partial charge in [0.05, 0.1) is 11.8 Å². The highest BCUT2D eigenvalue weighted by Gasteiger charge is 2.53. The lowest BCUT2D eigenvalue weighted by Gasteiger charge is -2.16. The predicted octanol–water partition coefficient (Wildman–Crippen LogP) is 0.710. The van der Waals surface area contributed by atoms with Crippen LogP contribution in [-0.4, -0.2) is 32.9 Å². The van der Waals surface area contributed by atoms with Crippen molar-refractivity contribution in [3.8, 4) is 0 Å². The molecule has 1 saturated carbocycles. The lowest BCUT2D eigenvalue weighted by atomic mass is 10.00. The molecule has 1 saturated heterocycles. The number of hydrogen-bond acceptors (Lipinski definition) is 5. The third-order valence-electron chi connectivity index (χ3n) is 3.97. The van der Waals surface area contributed by atoms with E-state index in [2.05, 4.69) is 9.97 Å². The number of carboxylic acids is 1. The average molecular weight is 275 g/mol. The Labute approximate surface area is 114 Å². The molecule has 1 aromatic heterocycles. The molecule has 1 aliphatic heterocycles. The Bertz CT molecular complexity index is 591. The molecule has 1 N–H and O–H groups in total. The monoisotopic (exact) mass is 275 g/mol. The lowest BCUT2D eigenvalue weighted by molar-refractivity contribution is -0.123. The summed E-state index contributed by atoms with van der Waals surface area (Å²) in [6.07, 6.45) is 3.82. The Morgan fingerprint density at radius 2 is 1.75 bits per heavy atom. The molecule has 1 aliphatic carbocycles. The lowest BCUT2D eigenvalue weighted by Crippen LogP contribution is -2.34. The Morgan fingerprint density at radius 3 is 2.30 bits per heavy atom. The Morgan fingerprint density at radius 1 is 1.20 bits per heavy atom. The van der Waals surface area contributed by atoms with Gasteiger partial charge in [-0.1, -0.05) is 6.92 Å². The normalized spacial score (nSPS) is 28.9. The molecule has 2 amide bonds. The number of rotatable bonds is 2. The highest BCUT2D eigenvalue weighted by atomic mass is 16.4. The molecule has 7 heteroatoms. The van der Waals surface area contributed by atoms with E-state index in [0.29, 0.717) is 18.8 Å². The van der Waals surface area contributed by atoms with Crippen LogP contribution in [0.4, 0.5) is 5.82 Å². The zero-order valence-corrected chi connectivity index (χ0v) is 10.8. The van der Waals surface area contributed by atoms with Crippen LogP contribution in [0.25, 0.3) is 0 Å². The van der Waals surface area contributed by atoms with Crippen molar-refractivity contribution >= 4 is 23.6 Å². The van der Waals surface area contributed by atoms with Crippen LogP contribution < -0.4 is 4.90 Å². The number of imide groups is 1. The van der Waals surface area contributed by atoms with Crippen molar-refractivity contribution in [3.05, 3.63) is 18.1 Å². The van der Waals surface area contributed by atoms with Crippen LogP contribution in [-0.2, 0) is 9.59 Å². The third kappa shape index (κ3) is 1.70. The topological polar surface area (TPSA) is 100 Å².